The first-order valence-electron chi connectivity index (χ1n) is 10.3. The third-order valence-corrected chi connectivity index (χ3v) is 6.11. The highest BCUT2D eigenvalue weighted by Crippen LogP contribution is 2.40. The molecule has 2 atom stereocenters. The van der Waals surface area contributed by atoms with E-state index in [2.05, 4.69) is 100 Å². The number of thiocarbonyl (C=S) groups is 1. The molecule has 1 aliphatic heterocycles. The van der Waals surface area contributed by atoms with Gasteiger partial charge < -0.3 is 14.8 Å². The first kappa shape index (κ1) is 18.8. The molecular weight excluding hydrogens is 388 g/mol. The van der Waals surface area contributed by atoms with Crippen LogP contribution in [0.5, 0.6) is 0 Å². The predicted molar refractivity (Wildman–Crippen MR) is 126 cm³/mol. The summed E-state index contributed by atoms with van der Waals surface area (Å²) in [4.78, 5) is 6.93. The van der Waals surface area contributed by atoms with Crippen LogP contribution in [-0.4, -0.2) is 25.6 Å². The van der Waals surface area contributed by atoms with Crippen LogP contribution in [0.2, 0.25) is 0 Å². The summed E-state index contributed by atoms with van der Waals surface area (Å²) in [6.45, 7) is 4.37. The van der Waals surface area contributed by atoms with Gasteiger partial charge in [0.15, 0.2) is 5.11 Å². The molecule has 4 nitrogen and oxygen atoms in total. The van der Waals surface area contributed by atoms with Crippen molar-refractivity contribution in [3.63, 3.8) is 0 Å². The Hall–Kier alpha value is -3.18. The third kappa shape index (κ3) is 3.15. The largest absolute Gasteiger partial charge is 0.352 e. The number of rotatable bonds is 4. The second-order valence-corrected chi connectivity index (χ2v) is 8.35. The second-order valence-electron chi connectivity index (χ2n) is 7.96. The molecule has 0 bridgehead atoms. The van der Waals surface area contributed by atoms with Gasteiger partial charge in [-0.25, -0.2) is 0 Å². The van der Waals surface area contributed by atoms with Crippen LogP contribution in [0, 0.1) is 0 Å². The topological polar surface area (TPSA) is 33.1 Å². The number of nitrogens with zero attached hydrogens (tertiary/aromatic N) is 3. The van der Waals surface area contributed by atoms with Crippen molar-refractivity contribution in [2.24, 2.45) is 0 Å². The van der Waals surface area contributed by atoms with E-state index in [0.717, 1.165) is 16.5 Å². The molecule has 5 heteroatoms. The lowest BCUT2D eigenvalue weighted by Gasteiger charge is -2.31. The molecular formula is C25H24N4S. The number of hydrogen-bond donors (Lipinski definition) is 1. The third-order valence-electron chi connectivity index (χ3n) is 5.79. The van der Waals surface area contributed by atoms with E-state index in [1.807, 2.05) is 18.3 Å². The Morgan fingerprint density at radius 2 is 1.73 bits per heavy atom. The molecule has 0 radical (unpaired) electrons. The Bertz CT molecular complexity index is 1200. The molecule has 0 aliphatic carbocycles. The lowest BCUT2D eigenvalue weighted by atomic mass is 10.00. The zero-order valence-electron chi connectivity index (χ0n) is 17.1. The predicted octanol–water partition coefficient (Wildman–Crippen LogP) is 5.41. The van der Waals surface area contributed by atoms with Crippen molar-refractivity contribution in [1.82, 2.24) is 19.8 Å². The summed E-state index contributed by atoms with van der Waals surface area (Å²) in [7, 11) is 0. The van der Waals surface area contributed by atoms with Crippen LogP contribution >= 0.6 is 12.2 Å². The van der Waals surface area contributed by atoms with Crippen LogP contribution in [-0.2, 0) is 0 Å². The van der Waals surface area contributed by atoms with Gasteiger partial charge in [0.25, 0.3) is 0 Å². The fraction of sp³-hybridized carbons (Fsp3) is 0.200. The summed E-state index contributed by atoms with van der Waals surface area (Å²) in [5.41, 5.74) is 3.34. The van der Waals surface area contributed by atoms with E-state index in [4.69, 9.17) is 12.2 Å². The summed E-state index contributed by atoms with van der Waals surface area (Å²) < 4.78 is 2.28. The zero-order chi connectivity index (χ0) is 20.7. The van der Waals surface area contributed by atoms with Gasteiger partial charge in [-0.05, 0) is 73.2 Å². The van der Waals surface area contributed by atoms with Crippen LogP contribution in [0.15, 0.2) is 85.2 Å². The number of aromatic nitrogens is 2. The van der Waals surface area contributed by atoms with E-state index in [9.17, 15) is 0 Å². The molecule has 1 fully saturated rings. The minimum Gasteiger partial charge on any atom is -0.352 e. The molecule has 1 aliphatic rings. The molecule has 2 aromatic heterocycles. The normalized spacial score (nSPS) is 18.9. The molecule has 1 saturated heterocycles. The van der Waals surface area contributed by atoms with Crippen molar-refractivity contribution in [3.8, 4) is 5.69 Å². The fourth-order valence-corrected chi connectivity index (χ4v) is 4.89. The van der Waals surface area contributed by atoms with Crippen LogP contribution in [0.1, 0.15) is 37.3 Å². The highest BCUT2D eigenvalue weighted by Gasteiger charge is 2.42. The summed E-state index contributed by atoms with van der Waals surface area (Å²) in [6, 6.07) is 25.7. The number of fused-ring (bicyclic) bond motifs is 1. The maximum atomic E-state index is 5.75. The lowest BCUT2D eigenvalue weighted by Crippen LogP contribution is -2.36. The fourth-order valence-electron chi connectivity index (χ4n) is 4.43. The van der Waals surface area contributed by atoms with Gasteiger partial charge in [-0.15, -0.1) is 0 Å². The summed E-state index contributed by atoms with van der Waals surface area (Å²) >= 11 is 5.75. The molecule has 0 spiro atoms. The minimum atomic E-state index is -0.00444. The highest BCUT2D eigenvalue weighted by molar-refractivity contribution is 7.80. The van der Waals surface area contributed by atoms with Crippen molar-refractivity contribution in [2.45, 2.75) is 32.0 Å². The van der Waals surface area contributed by atoms with E-state index >= 15 is 0 Å². The molecule has 2 unspecified atom stereocenters. The van der Waals surface area contributed by atoms with Gasteiger partial charge in [0.1, 0.15) is 0 Å². The van der Waals surface area contributed by atoms with Gasteiger partial charge in [-0.2, -0.15) is 0 Å². The first-order valence-corrected chi connectivity index (χ1v) is 10.7. The van der Waals surface area contributed by atoms with Crippen molar-refractivity contribution in [1.29, 1.82) is 0 Å². The van der Waals surface area contributed by atoms with Crippen LogP contribution in [0.4, 0.5) is 0 Å². The SMILES string of the molecule is CC(C)N1C(=S)NC(c2ccccn2)C1c1cccn1-c1ccc2ccccc2c1. The average molecular weight is 413 g/mol. The van der Waals surface area contributed by atoms with Gasteiger partial charge >= 0.3 is 0 Å². The Labute approximate surface area is 182 Å². The average Bonchev–Trinajstić information content (AvgIpc) is 3.38. The Morgan fingerprint density at radius 1 is 0.933 bits per heavy atom. The summed E-state index contributed by atoms with van der Waals surface area (Å²) in [5, 5.41) is 6.78. The van der Waals surface area contributed by atoms with Gasteiger partial charge in [-0.1, -0.05) is 36.4 Å². The maximum Gasteiger partial charge on any atom is 0.170 e. The molecule has 3 heterocycles. The quantitative estimate of drug-likeness (QED) is 0.455. The molecule has 0 amide bonds. The molecule has 2 aromatic carbocycles. The summed E-state index contributed by atoms with van der Waals surface area (Å²) in [5.74, 6) is 0. The van der Waals surface area contributed by atoms with Crippen molar-refractivity contribution in [2.75, 3.05) is 0 Å². The van der Waals surface area contributed by atoms with Crippen LogP contribution < -0.4 is 5.32 Å². The standard InChI is InChI=1S/C25H24N4S/c1-17(2)29-24(23(27-25(29)30)21-10-5-6-14-26-21)22-11-7-15-28(22)20-13-12-18-8-3-4-9-19(18)16-20/h3-17,23-24H,1-2H3,(H,27,30). The molecule has 150 valence electrons. The van der Waals surface area contributed by atoms with Crippen molar-refractivity contribution >= 4 is 28.1 Å². The molecule has 5 rings (SSSR count). The van der Waals surface area contributed by atoms with E-state index < -0.39 is 0 Å². The first-order chi connectivity index (χ1) is 14.6. The maximum absolute atomic E-state index is 5.75. The lowest BCUT2D eigenvalue weighted by molar-refractivity contribution is 0.262. The second kappa shape index (κ2) is 7.58. The Morgan fingerprint density at radius 3 is 2.50 bits per heavy atom. The monoisotopic (exact) mass is 412 g/mol. The van der Waals surface area contributed by atoms with Crippen molar-refractivity contribution < 1.29 is 0 Å². The number of hydrogen-bond acceptors (Lipinski definition) is 2. The van der Waals surface area contributed by atoms with Gasteiger partial charge in [0.05, 0.1) is 17.8 Å². The highest BCUT2D eigenvalue weighted by atomic mass is 32.1. The zero-order valence-corrected chi connectivity index (χ0v) is 17.9. The Kier molecular flexibility index (Phi) is 4.75. The van der Waals surface area contributed by atoms with E-state index in [0.29, 0.717) is 0 Å². The number of pyridine rings is 1. The van der Waals surface area contributed by atoms with Crippen LogP contribution in [0.25, 0.3) is 16.5 Å². The molecule has 30 heavy (non-hydrogen) atoms. The number of benzene rings is 2. The van der Waals surface area contributed by atoms with Gasteiger partial charge in [0.2, 0.25) is 0 Å². The summed E-state index contributed by atoms with van der Waals surface area (Å²) in [6.07, 6.45) is 3.98. The van der Waals surface area contributed by atoms with Crippen molar-refractivity contribution in [3.05, 3.63) is 96.6 Å². The smallest absolute Gasteiger partial charge is 0.170 e. The number of nitrogens with one attached hydrogen (secondary N) is 1. The Balaban J connectivity index is 1.64. The van der Waals surface area contributed by atoms with Crippen LogP contribution in [0.3, 0.4) is 0 Å². The molecule has 4 aromatic rings. The van der Waals surface area contributed by atoms with E-state index in [1.54, 1.807) is 0 Å². The van der Waals surface area contributed by atoms with Gasteiger partial charge in [0, 0.05) is 29.8 Å². The van der Waals surface area contributed by atoms with E-state index in [-0.39, 0.29) is 18.1 Å². The van der Waals surface area contributed by atoms with E-state index in [1.165, 1.54) is 16.5 Å². The molecule has 0 saturated carbocycles. The minimum absolute atomic E-state index is 0.00444. The van der Waals surface area contributed by atoms with Gasteiger partial charge in [-0.3, -0.25) is 4.98 Å². The molecule has 1 N–H and O–H groups in total.